The highest BCUT2D eigenvalue weighted by atomic mass is 79.9. The number of fused-ring (bicyclic) bond motifs is 1. The van der Waals surface area contributed by atoms with Crippen LogP contribution in [0.2, 0.25) is 0 Å². The van der Waals surface area contributed by atoms with Crippen molar-refractivity contribution in [2.75, 3.05) is 36.0 Å². The molecule has 1 aliphatic rings. The van der Waals surface area contributed by atoms with Crippen molar-refractivity contribution in [1.29, 1.82) is 0 Å². The standard InChI is InChI=1S/C17H15BrF3N5/c18-11-3-4-13-14(10-11)24-16(23-13)26-8-6-25(7-9-26)15-12(17(19,20)21)2-1-5-22-15/h1-5,10H,6-9H2,(H,23,24). The van der Waals surface area contributed by atoms with Crippen molar-refractivity contribution in [2.45, 2.75) is 6.18 Å². The zero-order chi connectivity index (χ0) is 18.3. The summed E-state index contributed by atoms with van der Waals surface area (Å²) in [7, 11) is 0. The molecule has 3 heterocycles. The Morgan fingerprint density at radius 2 is 1.77 bits per heavy atom. The third-order valence-corrected chi connectivity index (χ3v) is 4.90. The lowest BCUT2D eigenvalue weighted by atomic mass is 10.2. The van der Waals surface area contributed by atoms with E-state index in [1.165, 1.54) is 12.3 Å². The van der Waals surface area contributed by atoms with Crippen LogP contribution in [0.5, 0.6) is 0 Å². The molecule has 1 fully saturated rings. The summed E-state index contributed by atoms with van der Waals surface area (Å²) in [5.74, 6) is 0.725. The van der Waals surface area contributed by atoms with Crippen LogP contribution in [0.15, 0.2) is 41.0 Å². The number of nitrogens with one attached hydrogen (secondary N) is 1. The molecule has 0 unspecified atom stereocenters. The van der Waals surface area contributed by atoms with Crippen LogP contribution in [0, 0.1) is 0 Å². The van der Waals surface area contributed by atoms with Gasteiger partial charge in [-0.1, -0.05) is 15.9 Å². The molecule has 1 saturated heterocycles. The van der Waals surface area contributed by atoms with Gasteiger partial charge < -0.3 is 14.8 Å². The molecule has 0 bridgehead atoms. The summed E-state index contributed by atoms with van der Waals surface area (Å²) in [4.78, 5) is 15.5. The molecule has 0 amide bonds. The molecule has 5 nitrogen and oxygen atoms in total. The number of nitrogens with zero attached hydrogens (tertiary/aromatic N) is 4. The Labute approximate surface area is 156 Å². The summed E-state index contributed by atoms with van der Waals surface area (Å²) in [6, 6.07) is 8.18. The first-order chi connectivity index (χ1) is 12.4. The molecule has 1 aliphatic heterocycles. The lowest BCUT2D eigenvalue weighted by molar-refractivity contribution is -0.137. The van der Waals surface area contributed by atoms with Gasteiger partial charge in [-0.2, -0.15) is 13.2 Å². The van der Waals surface area contributed by atoms with Crippen LogP contribution in [-0.2, 0) is 6.18 Å². The smallest absolute Gasteiger partial charge is 0.353 e. The fourth-order valence-corrected chi connectivity index (χ4v) is 3.48. The number of halogens is 4. The first-order valence-corrected chi connectivity index (χ1v) is 8.88. The summed E-state index contributed by atoms with van der Waals surface area (Å²) in [5, 5.41) is 0. The van der Waals surface area contributed by atoms with E-state index in [1.54, 1.807) is 4.90 Å². The van der Waals surface area contributed by atoms with Gasteiger partial charge in [0.1, 0.15) is 5.82 Å². The minimum absolute atomic E-state index is 0.00631. The van der Waals surface area contributed by atoms with Gasteiger partial charge in [-0.25, -0.2) is 9.97 Å². The van der Waals surface area contributed by atoms with Crippen molar-refractivity contribution in [2.24, 2.45) is 0 Å². The molecular weight excluding hydrogens is 411 g/mol. The fourth-order valence-electron chi connectivity index (χ4n) is 3.12. The van der Waals surface area contributed by atoms with Crippen LogP contribution >= 0.6 is 15.9 Å². The topological polar surface area (TPSA) is 48.1 Å². The lowest BCUT2D eigenvalue weighted by Gasteiger charge is -2.36. The summed E-state index contributed by atoms with van der Waals surface area (Å²) >= 11 is 3.43. The zero-order valence-electron chi connectivity index (χ0n) is 13.6. The monoisotopic (exact) mass is 425 g/mol. The average Bonchev–Trinajstić information content (AvgIpc) is 3.04. The maximum Gasteiger partial charge on any atom is 0.419 e. The molecule has 1 N–H and O–H groups in total. The number of H-pyrrole nitrogens is 1. The molecule has 26 heavy (non-hydrogen) atoms. The number of imidazole rings is 1. The highest BCUT2D eigenvalue weighted by molar-refractivity contribution is 9.10. The minimum atomic E-state index is -4.41. The molecule has 4 rings (SSSR count). The van der Waals surface area contributed by atoms with Gasteiger partial charge in [0.2, 0.25) is 5.95 Å². The Morgan fingerprint density at radius 1 is 1.04 bits per heavy atom. The Bertz CT molecular complexity index is 932. The second-order valence-corrected chi connectivity index (χ2v) is 6.98. The first kappa shape index (κ1) is 17.1. The van der Waals surface area contributed by atoms with Crippen molar-refractivity contribution in [3.05, 3.63) is 46.6 Å². The number of rotatable bonds is 2. The SMILES string of the molecule is FC(F)(F)c1cccnc1N1CCN(c2nc3ccc(Br)cc3[nH]2)CC1. The van der Waals surface area contributed by atoms with E-state index in [0.29, 0.717) is 26.2 Å². The summed E-state index contributed by atoms with van der Waals surface area (Å²) in [6.07, 6.45) is -3.01. The molecule has 0 spiro atoms. The van der Waals surface area contributed by atoms with Crippen molar-refractivity contribution in [3.8, 4) is 0 Å². The number of pyridine rings is 1. The van der Waals surface area contributed by atoms with Gasteiger partial charge in [0.05, 0.1) is 16.6 Å². The second kappa shape index (κ2) is 6.46. The first-order valence-electron chi connectivity index (χ1n) is 8.09. The molecule has 0 radical (unpaired) electrons. The van der Waals surface area contributed by atoms with Gasteiger partial charge in [-0.05, 0) is 30.3 Å². The molecule has 3 aromatic rings. The van der Waals surface area contributed by atoms with Crippen LogP contribution < -0.4 is 9.80 Å². The number of hydrogen-bond donors (Lipinski definition) is 1. The van der Waals surface area contributed by atoms with Gasteiger partial charge in [-0.3, -0.25) is 0 Å². The van der Waals surface area contributed by atoms with Gasteiger partial charge in [0.25, 0.3) is 0 Å². The average molecular weight is 426 g/mol. The van der Waals surface area contributed by atoms with Crippen LogP contribution in [0.3, 0.4) is 0 Å². The number of anilines is 2. The van der Waals surface area contributed by atoms with E-state index in [1.807, 2.05) is 23.1 Å². The van der Waals surface area contributed by atoms with E-state index in [4.69, 9.17) is 0 Å². The quantitative estimate of drug-likeness (QED) is 0.672. The Morgan fingerprint density at radius 3 is 2.50 bits per heavy atom. The largest absolute Gasteiger partial charge is 0.419 e. The molecule has 2 aromatic heterocycles. The number of aromatic nitrogens is 3. The lowest BCUT2D eigenvalue weighted by Crippen LogP contribution is -2.47. The number of piperazine rings is 1. The van der Waals surface area contributed by atoms with Gasteiger partial charge in [0.15, 0.2) is 0 Å². The third kappa shape index (κ3) is 3.23. The molecular formula is C17H15BrF3N5. The highest BCUT2D eigenvalue weighted by Crippen LogP contribution is 2.35. The predicted molar refractivity (Wildman–Crippen MR) is 97.5 cm³/mol. The molecule has 0 aliphatic carbocycles. The number of hydrogen-bond acceptors (Lipinski definition) is 4. The van der Waals surface area contributed by atoms with Crippen molar-refractivity contribution >= 4 is 38.7 Å². The normalized spacial score (nSPS) is 15.7. The second-order valence-electron chi connectivity index (χ2n) is 6.07. The number of alkyl halides is 3. The maximum atomic E-state index is 13.2. The van der Waals surface area contributed by atoms with Gasteiger partial charge >= 0.3 is 6.18 Å². The number of benzene rings is 1. The molecule has 1 aromatic carbocycles. The highest BCUT2D eigenvalue weighted by Gasteiger charge is 2.36. The van der Waals surface area contributed by atoms with Crippen molar-refractivity contribution < 1.29 is 13.2 Å². The Kier molecular flexibility index (Phi) is 4.26. The van der Waals surface area contributed by atoms with E-state index >= 15 is 0 Å². The van der Waals surface area contributed by atoms with E-state index in [2.05, 4.69) is 30.9 Å². The fraction of sp³-hybridized carbons (Fsp3) is 0.294. The summed E-state index contributed by atoms with van der Waals surface area (Å²) in [6.45, 7) is 2.02. The van der Waals surface area contributed by atoms with Crippen LogP contribution in [0.25, 0.3) is 11.0 Å². The van der Waals surface area contributed by atoms with E-state index in [-0.39, 0.29) is 5.82 Å². The van der Waals surface area contributed by atoms with Crippen LogP contribution in [0.4, 0.5) is 24.9 Å². The molecule has 136 valence electrons. The van der Waals surface area contributed by atoms with Gasteiger partial charge in [-0.15, -0.1) is 0 Å². The zero-order valence-corrected chi connectivity index (χ0v) is 15.2. The minimum Gasteiger partial charge on any atom is -0.353 e. The van der Waals surface area contributed by atoms with Crippen molar-refractivity contribution in [3.63, 3.8) is 0 Å². The Balaban J connectivity index is 1.52. The van der Waals surface area contributed by atoms with E-state index < -0.39 is 11.7 Å². The molecule has 0 saturated carbocycles. The predicted octanol–water partition coefficient (Wildman–Crippen LogP) is 4.07. The third-order valence-electron chi connectivity index (χ3n) is 4.40. The number of aromatic amines is 1. The van der Waals surface area contributed by atoms with Crippen LogP contribution in [-0.4, -0.2) is 41.1 Å². The maximum absolute atomic E-state index is 13.2. The Hall–Kier alpha value is -2.29. The summed E-state index contributed by atoms with van der Waals surface area (Å²) in [5.41, 5.74) is 1.08. The van der Waals surface area contributed by atoms with Crippen LogP contribution in [0.1, 0.15) is 5.56 Å². The van der Waals surface area contributed by atoms with E-state index in [0.717, 1.165) is 27.5 Å². The van der Waals surface area contributed by atoms with Gasteiger partial charge in [0, 0.05) is 36.8 Å². The molecule has 9 heteroatoms. The van der Waals surface area contributed by atoms with E-state index in [9.17, 15) is 13.2 Å². The molecule has 0 atom stereocenters. The van der Waals surface area contributed by atoms with Crippen molar-refractivity contribution in [1.82, 2.24) is 15.0 Å². The summed E-state index contributed by atoms with van der Waals surface area (Å²) < 4.78 is 40.6.